The van der Waals surface area contributed by atoms with Crippen molar-refractivity contribution < 1.29 is 4.79 Å². The van der Waals surface area contributed by atoms with Gasteiger partial charge in [0, 0.05) is 18.4 Å². The number of ketones is 1. The summed E-state index contributed by atoms with van der Waals surface area (Å²) in [7, 11) is 0. The summed E-state index contributed by atoms with van der Waals surface area (Å²) in [6.45, 7) is 3.85. The predicted molar refractivity (Wildman–Crippen MR) is 56.9 cm³/mol. The molecular weight excluding hydrogens is 188 g/mol. The molecule has 2 aliphatic rings. The molecule has 15 heavy (non-hydrogen) atoms. The molecule has 1 N–H and O–H groups in total. The predicted octanol–water partition coefficient (Wildman–Crippen LogP) is 2.30. The molecule has 3 atom stereocenters. The summed E-state index contributed by atoms with van der Waals surface area (Å²) in [4.78, 5) is 11.3. The summed E-state index contributed by atoms with van der Waals surface area (Å²) in [5.74, 6) is 2.45. The van der Waals surface area contributed by atoms with Gasteiger partial charge >= 0.3 is 0 Å². The summed E-state index contributed by atoms with van der Waals surface area (Å²) < 4.78 is 0. The standard InChI is InChI=1S/C12H16N2O/c1-3-4-7-8-5-9-11(6(2)15)13-14-12(9)10(7)8/h7-8,10H,3-5H2,1-2H3,(H,13,14). The highest BCUT2D eigenvalue weighted by molar-refractivity contribution is 5.94. The molecule has 1 aromatic rings. The van der Waals surface area contributed by atoms with E-state index in [0.717, 1.165) is 24.0 Å². The Morgan fingerprint density at radius 3 is 3.07 bits per heavy atom. The first kappa shape index (κ1) is 9.13. The van der Waals surface area contributed by atoms with Gasteiger partial charge in [0.1, 0.15) is 5.69 Å². The van der Waals surface area contributed by atoms with E-state index in [2.05, 4.69) is 17.1 Å². The number of carbonyl (C=O) groups excluding carboxylic acids is 1. The molecule has 3 unspecified atom stereocenters. The summed E-state index contributed by atoms with van der Waals surface area (Å²) in [6, 6.07) is 0. The van der Waals surface area contributed by atoms with Gasteiger partial charge in [0.2, 0.25) is 0 Å². The SMILES string of the molecule is CCCC1C2Cc3c(n[nH]c3C(C)=O)C12. The van der Waals surface area contributed by atoms with Gasteiger partial charge in [-0.15, -0.1) is 0 Å². The lowest BCUT2D eigenvalue weighted by Gasteiger charge is -2.01. The normalized spacial score (nSPS) is 31.2. The highest BCUT2D eigenvalue weighted by Gasteiger charge is 2.57. The minimum atomic E-state index is 0.122. The third-order valence-corrected chi connectivity index (χ3v) is 3.96. The molecule has 1 heterocycles. The topological polar surface area (TPSA) is 45.8 Å². The third-order valence-electron chi connectivity index (χ3n) is 3.96. The Morgan fingerprint density at radius 1 is 1.60 bits per heavy atom. The first-order valence-electron chi connectivity index (χ1n) is 5.82. The summed E-state index contributed by atoms with van der Waals surface area (Å²) >= 11 is 0. The number of Topliss-reactive ketones (excluding diaryl/α,β-unsaturated/α-hetero) is 1. The van der Waals surface area contributed by atoms with Crippen molar-refractivity contribution in [3.63, 3.8) is 0 Å². The number of hydrogen-bond acceptors (Lipinski definition) is 2. The lowest BCUT2D eigenvalue weighted by molar-refractivity contribution is 0.101. The van der Waals surface area contributed by atoms with Gasteiger partial charge in [0.05, 0.1) is 5.69 Å². The molecule has 0 aliphatic heterocycles. The molecule has 1 saturated carbocycles. The maximum absolute atomic E-state index is 11.3. The van der Waals surface area contributed by atoms with E-state index in [1.54, 1.807) is 6.92 Å². The molecule has 0 spiro atoms. The molecule has 3 rings (SSSR count). The van der Waals surface area contributed by atoms with Gasteiger partial charge in [-0.2, -0.15) is 5.10 Å². The lowest BCUT2D eigenvalue weighted by Crippen LogP contribution is -1.99. The van der Waals surface area contributed by atoms with Crippen LogP contribution in [0.3, 0.4) is 0 Å². The summed E-state index contributed by atoms with van der Waals surface area (Å²) in [6.07, 6.45) is 3.66. The van der Waals surface area contributed by atoms with Gasteiger partial charge in [-0.3, -0.25) is 9.89 Å². The second-order valence-electron chi connectivity index (χ2n) is 4.86. The number of carbonyl (C=O) groups is 1. The van der Waals surface area contributed by atoms with E-state index in [-0.39, 0.29) is 5.78 Å². The summed E-state index contributed by atoms with van der Waals surface area (Å²) in [5, 5.41) is 7.22. The van der Waals surface area contributed by atoms with Crippen LogP contribution in [-0.4, -0.2) is 16.0 Å². The van der Waals surface area contributed by atoms with Gasteiger partial charge in [-0.1, -0.05) is 13.3 Å². The van der Waals surface area contributed by atoms with E-state index in [0.29, 0.717) is 5.92 Å². The van der Waals surface area contributed by atoms with Crippen molar-refractivity contribution in [2.45, 2.75) is 39.0 Å². The van der Waals surface area contributed by atoms with E-state index in [9.17, 15) is 4.79 Å². The zero-order valence-electron chi connectivity index (χ0n) is 9.21. The fourth-order valence-electron chi connectivity index (χ4n) is 3.24. The highest BCUT2D eigenvalue weighted by Crippen LogP contribution is 2.62. The van der Waals surface area contributed by atoms with Crippen LogP contribution in [0.4, 0.5) is 0 Å². The molecule has 0 saturated heterocycles. The molecule has 0 aromatic carbocycles. The fourth-order valence-corrected chi connectivity index (χ4v) is 3.24. The maximum atomic E-state index is 11.3. The second kappa shape index (κ2) is 2.94. The largest absolute Gasteiger partial charge is 0.293 e. The van der Waals surface area contributed by atoms with Crippen LogP contribution in [-0.2, 0) is 6.42 Å². The molecule has 3 nitrogen and oxygen atoms in total. The van der Waals surface area contributed by atoms with E-state index in [1.165, 1.54) is 24.1 Å². The Morgan fingerprint density at radius 2 is 2.40 bits per heavy atom. The number of hydrogen-bond donors (Lipinski definition) is 1. The van der Waals surface area contributed by atoms with E-state index in [4.69, 9.17) is 0 Å². The van der Waals surface area contributed by atoms with E-state index in [1.807, 2.05) is 0 Å². The number of H-pyrrole nitrogens is 1. The van der Waals surface area contributed by atoms with Crippen LogP contribution in [0.15, 0.2) is 0 Å². The number of rotatable bonds is 3. The molecule has 0 amide bonds. The zero-order chi connectivity index (χ0) is 10.6. The van der Waals surface area contributed by atoms with Crippen LogP contribution in [0.25, 0.3) is 0 Å². The molecule has 2 aliphatic carbocycles. The molecule has 0 radical (unpaired) electrons. The van der Waals surface area contributed by atoms with E-state index >= 15 is 0 Å². The Hall–Kier alpha value is -1.12. The molecule has 3 heteroatoms. The van der Waals surface area contributed by atoms with Crippen molar-refractivity contribution in [2.24, 2.45) is 11.8 Å². The van der Waals surface area contributed by atoms with Gasteiger partial charge in [0.25, 0.3) is 0 Å². The molecule has 1 aromatic heterocycles. The van der Waals surface area contributed by atoms with Crippen molar-refractivity contribution in [1.82, 2.24) is 10.2 Å². The van der Waals surface area contributed by atoms with Crippen LogP contribution in [0.5, 0.6) is 0 Å². The Kier molecular flexibility index (Phi) is 1.79. The van der Waals surface area contributed by atoms with Crippen LogP contribution in [0, 0.1) is 11.8 Å². The van der Waals surface area contributed by atoms with Crippen LogP contribution in [0.1, 0.15) is 54.4 Å². The Bertz CT molecular complexity index is 421. The number of nitrogens with zero attached hydrogens (tertiary/aromatic N) is 1. The molecule has 0 bridgehead atoms. The number of aromatic nitrogens is 2. The van der Waals surface area contributed by atoms with Crippen molar-refractivity contribution >= 4 is 5.78 Å². The first-order chi connectivity index (χ1) is 7.24. The van der Waals surface area contributed by atoms with Gasteiger partial charge in [-0.05, 0) is 24.7 Å². The van der Waals surface area contributed by atoms with Crippen molar-refractivity contribution in [2.75, 3.05) is 0 Å². The van der Waals surface area contributed by atoms with Gasteiger partial charge < -0.3 is 0 Å². The molecule has 1 fully saturated rings. The lowest BCUT2D eigenvalue weighted by atomic mass is 10.0. The highest BCUT2D eigenvalue weighted by atomic mass is 16.1. The van der Waals surface area contributed by atoms with Crippen LogP contribution >= 0.6 is 0 Å². The Labute approximate surface area is 89.3 Å². The van der Waals surface area contributed by atoms with E-state index < -0.39 is 0 Å². The third kappa shape index (κ3) is 1.12. The van der Waals surface area contributed by atoms with Gasteiger partial charge in [-0.25, -0.2) is 0 Å². The zero-order valence-corrected chi connectivity index (χ0v) is 9.21. The Balaban J connectivity index is 1.88. The molecular formula is C12H16N2O. The monoisotopic (exact) mass is 204 g/mol. The smallest absolute Gasteiger partial charge is 0.177 e. The number of aromatic amines is 1. The minimum Gasteiger partial charge on any atom is -0.293 e. The maximum Gasteiger partial charge on any atom is 0.177 e. The minimum absolute atomic E-state index is 0.122. The van der Waals surface area contributed by atoms with Crippen LogP contribution < -0.4 is 0 Å². The van der Waals surface area contributed by atoms with Crippen molar-refractivity contribution in [3.8, 4) is 0 Å². The second-order valence-corrected chi connectivity index (χ2v) is 4.86. The number of nitrogens with one attached hydrogen (secondary N) is 1. The fraction of sp³-hybridized carbons (Fsp3) is 0.667. The first-order valence-corrected chi connectivity index (χ1v) is 5.82. The quantitative estimate of drug-likeness (QED) is 0.768. The average molecular weight is 204 g/mol. The van der Waals surface area contributed by atoms with Crippen molar-refractivity contribution in [1.29, 1.82) is 0 Å². The summed E-state index contributed by atoms with van der Waals surface area (Å²) in [5.41, 5.74) is 3.17. The molecule has 80 valence electrons. The number of fused-ring (bicyclic) bond motifs is 3. The average Bonchev–Trinajstić information content (AvgIpc) is 2.60. The van der Waals surface area contributed by atoms with Crippen LogP contribution in [0.2, 0.25) is 0 Å². The van der Waals surface area contributed by atoms with Gasteiger partial charge in [0.15, 0.2) is 5.78 Å². The van der Waals surface area contributed by atoms with Crippen molar-refractivity contribution in [3.05, 3.63) is 17.0 Å².